The van der Waals surface area contributed by atoms with E-state index in [0.717, 1.165) is 22.2 Å². The number of aliphatic hydroxyl groups excluding tert-OH is 1. The summed E-state index contributed by atoms with van der Waals surface area (Å²) in [5.74, 6) is -0.221. The number of hydrogen-bond acceptors (Lipinski definition) is 5. The number of para-hydroxylation sites is 1. The van der Waals surface area contributed by atoms with E-state index in [1.165, 1.54) is 6.33 Å². The van der Waals surface area contributed by atoms with Gasteiger partial charge in [0.15, 0.2) is 0 Å². The summed E-state index contributed by atoms with van der Waals surface area (Å²) in [6.07, 6.45) is 3.11. The minimum absolute atomic E-state index is 0.0818. The highest BCUT2D eigenvalue weighted by Gasteiger charge is 2.12. The summed E-state index contributed by atoms with van der Waals surface area (Å²) in [6, 6.07) is 14.8. The van der Waals surface area contributed by atoms with Crippen molar-refractivity contribution in [2.24, 2.45) is 0 Å². The molecule has 0 saturated heterocycles. The second-order valence-corrected chi connectivity index (χ2v) is 6.53. The Hall–Kier alpha value is -3.58. The van der Waals surface area contributed by atoms with Gasteiger partial charge < -0.3 is 10.4 Å². The highest BCUT2D eigenvalue weighted by molar-refractivity contribution is 6.08. The summed E-state index contributed by atoms with van der Waals surface area (Å²) in [5, 5.41) is 17.5. The van der Waals surface area contributed by atoms with Crippen molar-refractivity contribution in [1.29, 1.82) is 0 Å². The topological polar surface area (TPSA) is 92.9 Å². The number of carbonyl (C=O) groups excluding carboxylic acids is 1. The average Bonchev–Trinajstić information content (AvgIpc) is 3.21. The van der Waals surface area contributed by atoms with E-state index in [0.29, 0.717) is 23.3 Å². The largest absolute Gasteiger partial charge is 0.392 e. The van der Waals surface area contributed by atoms with Gasteiger partial charge in [-0.3, -0.25) is 9.78 Å². The molecule has 4 aromatic rings. The molecule has 0 saturated carbocycles. The molecule has 7 nitrogen and oxygen atoms in total. The zero-order valence-corrected chi connectivity index (χ0v) is 15.3. The maximum Gasteiger partial charge on any atom is 0.255 e. The van der Waals surface area contributed by atoms with Crippen LogP contribution in [0, 0.1) is 6.92 Å². The molecule has 0 spiro atoms. The smallest absolute Gasteiger partial charge is 0.255 e. The zero-order valence-electron chi connectivity index (χ0n) is 15.3. The lowest BCUT2D eigenvalue weighted by atomic mass is 10.1. The molecule has 7 heteroatoms. The Balaban J connectivity index is 1.63. The summed E-state index contributed by atoms with van der Waals surface area (Å²) in [6.45, 7) is 2.32. The molecule has 0 aliphatic carbocycles. The van der Waals surface area contributed by atoms with Gasteiger partial charge in [0.2, 0.25) is 0 Å². The summed E-state index contributed by atoms with van der Waals surface area (Å²) < 4.78 is 1.70. The third-order valence-corrected chi connectivity index (χ3v) is 4.47. The number of nitrogens with one attached hydrogen (secondary N) is 1. The van der Waals surface area contributed by atoms with Gasteiger partial charge >= 0.3 is 0 Å². The van der Waals surface area contributed by atoms with Gasteiger partial charge in [0, 0.05) is 16.6 Å². The molecule has 2 N–H and O–H groups in total. The molecule has 0 bridgehead atoms. The molecule has 2 aromatic heterocycles. The lowest BCUT2D eigenvalue weighted by molar-refractivity contribution is 0.102. The molecular formula is C21H19N5O2. The van der Waals surface area contributed by atoms with Crippen molar-refractivity contribution in [3.63, 3.8) is 0 Å². The molecule has 0 aliphatic heterocycles. The fourth-order valence-electron chi connectivity index (χ4n) is 3.20. The Morgan fingerprint density at radius 1 is 1.18 bits per heavy atom. The Morgan fingerprint density at radius 3 is 2.82 bits per heavy atom. The first-order chi connectivity index (χ1) is 13.6. The van der Waals surface area contributed by atoms with E-state index >= 15 is 0 Å². The average molecular weight is 373 g/mol. The summed E-state index contributed by atoms with van der Waals surface area (Å²) in [7, 11) is 0. The van der Waals surface area contributed by atoms with E-state index in [-0.39, 0.29) is 12.5 Å². The Kier molecular flexibility index (Phi) is 4.82. The number of rotatable bonds is 5. The predicted octanol–water partition coefficient (Wildman–Crippen LogP) is 2.93. The molecule has 2 heterocycles. The van der Waals surface area contributed by atoms with Crippen LogP contribution in [0.2, 0.25) is 0 Å². The van der Waals surface area contributed by atoms with Gasteiger partial charge in [0.05, 0.1) is 24.4 Å². The fourth-order valence-corrected chi connectivity index (χ4v) is 3.20. The van der Waals surface area contributed by atoms with Crippen LogP contribution in [0.25, 0.3) is 10.9 Å². The minimum atomic E-state index is -0.221. The second kappa shape index (κ2) is 7.58. The number of aliphatic hydroxyl groups is 1. The first kappa shape index (κ1) is 17.8. The van der Waals surface area contributed by atoms with Crippen molar-refractivity contribution >= 4 is 22.5 Å². The number of amides is 1. The van der Waals surface area contributed by atoms with Gasteiger partial charge in [0.1, 0.15) is 12.7 Å². The van der Waals surface area contributed by atoms with Crippen LogP contribution in [0.4, 0.5) is 5.69 Å². The molecule has 28 heavy (non-hydrogen) atoms. The third-order valence-electron chi connectivity index (χ3n) is 4.47. The van der Waals surface area contributed by atoms with Crippen molar-refractivity contribution in [3.05, 3.63) is 83.6 Å². The number of aryl methyl sites for hydroxylation is 1. The predicted molar refractivity (Wildman–Crippen MR) is 106 cm³/mol. The number of benzene rings is 2. The quantitative estimate of drug-likeness (QED) is 0.561. The third kappa shape index (κ3) is 3.60. The molecule has 0 aliphatic rings. The number of aromatic nitrogens is 4. The van der Waals surface area contributed by atoms with Crippen LogP contribution in [-0.4, -0.2) is 30.8 Å². The lowest BCUT2D eigenvalue weighted by Crippen LogP contribution is -2.13. The van der Waals surface area contributed by atoms with Crippen molar-refractivity contribution in [2.45, 2.75) is 20.1 Å². The number of pyridine rings is 1. The monoisotopic (exact) mass is 373 g/mol. The fraction of sp³-hybridized carbons (Fsp3) is 0.143. The number of nitrogens with zero attached hydrogens (tertiary/aromatic N) is 4. The Labute approximate surface area is 161 Å². The molecule has 4 rings (SSSR count). The minimum Gasteiger partial charge on any atom is -0.392 e. The van der Waals surface area contributed by atoms with Crippen LogP contribution in [0.3, 0.4) is 0 Å². The van der Waals surface area contributed by atoms with Gasteiger partial charge in [0.25, 0.3) is 5.91 Å². The van der Waals surface area contributed by atoms with Crippen LogP contribution in [0.5, 0.6) is 0 Å². The number of hydrogen-bond donors (Lipinski definition) is 2. The van der Waals surface area contributed by atoms with Gasteiger partial charge in [-0.1, -0.05) is 24.3 Å². The lowest BCUT2D eigenvalue weighted by Gasteiger charge is -2.12. The van der Waals surface area contributed by atoms with E-state index in [2.05, 4.69) is 20.4 Å². The van der Waals surface area contributed by atoms with Gasteiger partial charge in [-0.25, -0.2) is 9.67 Å². The molecule has 0 radical (unpaired) electrons. The van der Waals surface area contributed by atoms with Crippen molar-refractivity contribution in [1.82, 2.24) is 19.7 Å². The van der Waals surface area contributed by atoms with E-state index in [4.69, 9.17) is 0 Å². The zero-order chi connectivity index (χ0) is 19.5. The van der Waals surface area contributed by atoms with Gasteiger partial charge in [-0.2, -0.15) is 5.10 Å². The molecule has 1 amide bonds. The molecule has 0 fully saturated rings. The first-order valence-corrected chi connectivity index (χ1v) is 8.87. The van der Waals surface area contributed by atoms with Crippen LogP contribution < -0.4 is 5.32 Å². The van der Waals surface area contributed by atoms with Crippen molar-refractivity contribution < 1.29 is 9.90 Å². The molecule has 0 unspecified atom stereocenters. The first-order valence-electron chi connectivity index (χ1n) is 8.87. The SMILES string of the molecule is Cc1cc(CO)c2cccc(NC(=O)c3cccc(Cn4cncn4)c3)c2n1. The number of carbonyl (C=O) groups is 1. The second-order valence-electron chi connectivity index (χ2n) is 6.53. The Morgan fingerprint density at radius 2 is 2.04 bits per heavy atom. The highest BCUT2D eigenvalue weighted by atomic mass is 16.3. The highest BCUT2D eigenvalue weighted by Crippen LogP contribution is 2.26. The maximum absolute atomic E-state index is 12.8. The summed E-state index contributed by atoms with van der Waals surface area (Å²) >= 11 is 0. The normalized spacial score (nSPS) is 10.9. The molecule has 2 aromatic carbocycles. The number of anilines is 1. The van der Waals surface area contributed by atoms with Crippen molar-refractivity contribution in [2.75, 3.05) is 5.32 Å². The Bertz CT molecular complexity index is 1140. The van der Waals surface area contributed by atoms with Crippen molar-refractivity contribution in [3.8, 4) is 0 Å². The molecule has 0 atom stereocenters. The van der Waals surface area contributed by atoms with E-state index in [1.54, 1.807) is 17.1 Å². The summed E-state index contributed by atoms with van der Waals surface area (Å²) in [5.41, 5.74) is 4.35. The van der Waals surface area contributed by atoms with Crippen LogP contribution in [-0.2, 0) is 13.2 Å². The van der Waals surface area contributed by atoms with Crippen LogP contribution >= 0.6 is 0 Å². The standard InChI is InChI=1S/C21H19N5O2/c1-14-8-17(11-27)18-6-3-7-19(20(18)24-14)25-21(28)16-5-2-4-15(9-16)10-26-13-22-12-23-26/h2-9,12-13,27H,10-11H2,1H3,(H,25,28). The molecule has 140 valence electrons. The van der Waals surface area contributed by atoms with E-state index in [9.17, 15) is 9.90 Å². The van der Waals surface area contributed by atoms with Crippen LogP contribution in [0.15, 0.2) is 61.2 Å². The number of fused-ring (bicyclic) bond motifs is 1. The van der Waals surface area contributed by atoms with Crippen LogP contribution in [0.1, 0.15) is 27.2 Å². The molecular weight excluding hydrogens is 354 g/mol. The van der Waals surface area contributed by atoms with E-state index < -0.39 is 0 Å². The summed E-state index contributed by atoms with van der Waals surface area (Å²) in [4.78, 5) is 21.3. The van der Waals surface area contributed by atoms with Gasteiger partial charge in [-0.05, 0) is 42.3 Å². The van der Waals surface area contributed by atoms with E-state index in [1.807, 2.05) is 49.4 Å². The van der Waals surface area contributed by atoms with Gasteiger partial charge in [-0.15, -0.1) is 0 Å². The maximum atomic E-state index is 12.8.